The lowest BCUT2D eigenvalue weighted by molar-refractivity contribution is 0.0929. The highest BCUT2D eigenvalue weighted by Crippen LogP contribution is 2.26. The average Bonchev–Trinajstić information content (AvgIpc) is 2.59. The number of hydrogen-bond acceptors (Lipinski definition) is 3. The molecule has 134 valence electrons. The van der Waals surface area contributed by atoms with Crippen LogP contribution in [-0.4, -0.2) is 19.1 Å². The van der Waals surface area contributed by atoms with Crippen LogP contribution in [0.25, 0.3) is 0 Å². The Morgan fingerprint density at radius 2 is 1.84 bits per heavy atom. The van der Waals surface area contributed by atoms with Crippen LogP contribution in [0, 0.1) is 6.92 Å². The molecule has 0 aliphatic heterocycles. The minimum Gasteiger partial charge on any atom is -0.496 e. The Morgan fingerprint density at radius 1 is 1.12 bits per heavy atom. The highest BCUT2D eigenvalue weighted by atomic mass is 16.5. The summed E-state index contributed by atoms with van der Waals surface area (Å²) in [6, 6.07) is 13.3. The smallest absolute Gasteiger partial charge is 0.255 e. The molecule has 0 aliphatic rings. The molecule has 1 N–H and O–H groups in total. The van der Waals surface area contributed by atoms with Crippen LogP contribution in [0.2, 0.25) is 0 Å². The van der Waals surface area contributed by atoms with Crippen molar-refractivity contribution in [3.63, 3.8) is 0 Å². The number of carbonyl (C=O) groups excluding carboxylic acids is 1. The normalized spacial score (nSPS) is 11.9. The number of benzene rings is 2. The molecule has 1 atom stereocenters. The third kappa shape index (κ3) is 4.75. The zero-order valence-corrected chi connectivity index (χ0v) is 15.6. The van der Waals surface area contributed by atoms with E-state index < -0.39 is 0 Å². The van der Waals surface area contributed by atoms with Crippen molar-refractivity contribution in [2.75, 3.05) is 7.11 Å². The fraction of sp³-hybridized carbons (Fsp3) is 0.381. The minimum absolute atomic E-state index is 0.0140. The predicted octanol–water partition coefficient (Wildman–Crippen LogP) is 4.67. The number of amides is 1. The third-order valence-electron chi connectivity index (χ3n) is 4.03. The van der Waals surface area contributed by atoms with Gasteiger partial charge in [0, 0.05) is 0 Å². The Hall–Kier alpha value is -2.49. The van der Waals surface area contributed by atoms with Gasteiger partial charge in [0.1, 0.15) is 11.5 Å². The maximum absolute atomic E-state index is 12.8. The van der Waals surface area contributed by atoms with Crippen LogP contribution >= 0.6 is 0 Å². The van der Waals surface area contributed by atoms with E-state index in [-0.39, 0.29) is 18.1 Å². The zero-order valence-electron chi connectivity index (χ0n) is 15.6. The van der Waals surface area contributed by atoms with Crippen molar-refractivity contribution < 1.29 is 14.3 Å². The topological polar surface area (TPSA) is 47.6 Å². The van der Waals surface area contributed by atoms with Gasteiger partial charge in [-0.15, -0.1) is 0 Å². The molecular formula is C21H27NO3. The van der Waals surface area contributed by atoms with Gasteiger partial charge in [0.05, 0.1) is 24.8 Å². The molecule has 0 unspecified atom stereocenters. The van der Waals surface area contributed by atoms with E-state index in [1.54, 1.807) is 13.2 Å². The summed E-state index contributed by atoms with van der Waals surface area (Å²) in [7, 11) is 1.66. The summed E-state index contributed by atoms with van der Waals surface area (Å²) >= 11 is 0. The van der Waals surface area contributed by atoms with Crippen LogP contribution in [0.15, 0.2) is 42.5 Å². The van der Waals surface area contributed by atoms with Crippen molar-refractivity contribution in [3.05, 3.63) is 59.2 Å². The van der Waals surface area contributed by atoms with Gasteiger partial charge in [-0.3, -0.25) is 4.79 Å². The molecule has 2 aromatic rings. The summed E-state index contributed by atoms with van der Waals surface area (Å²) in [4.78, 5) is 12.8. The van der Waals surface area contributed by atoms with Crippen molar-refractivity contribution >= 4 is 5.91 Å². The first kappa shape index (κ1) is 18.8. The van der Waals surface area contributed by atoms with Gasteiger partial charge in [-0.25, -0.2) is 0 Å². The summed E-state index contributed by atoms with van der Waals surface area (Å²) in [5.41, 5.74) is 2.67. The van der Waals surface area contributed by atoms with Gasteiger partial charge >= 0.3 is 0 Å². The van der Waals surface area contributed by atoms with E-state index in [1.165, 1.54) is 0 Å². The fourth-order valence-electron chi connectivity index (χ4n) is 2.79. The van der Waals surface area contributed by atoms with E-state index in [0.29, 0.717) is 11.3 Å². The number of rotatable bonds is 7. The van der Waals surface area contributed by atoms with Crippen molar-refractivity contribution in [3.8, 4) is 11.5 Å². The molecule has 2 aromatic carbocycles. The molecule has 0 bridgehead atoms. The van der Waals surface area contributed by atoms with Crippen LogP contribution < -0.4 is 14.8 Å². The van der Waals surface area contributed by atoms with Crippen LogP contribution in [0.5, 0.6) is 11.5 Å². The third-order valence-corrected chi connectivity index (χ3v) is 4.03. The van der Waals surface area contributed by atoms with Gasteiger partial charge in [0.25, 0.3) is 5.91 Å². The maximum atomic E-state index is 12.8. The lowest BCUT2D eigenvalue weighted by Crippen LogP contribution is -2.29. The van der Waals surface area contributed by atoms with Gasteiger partial charge in [-0.1, -0.05) is 31.2 Å². The van der Waals surface area contributed by atoms with Gasteiger partial charge in [-0.2, -0.15) is 0 Å². The van der Waals surface area contributed by atoms with E-state index in [2.05, 4.69) is 18.3 Å². The molecule has 0 fully saturated rings. The molecule has 0 radical (unpaired) electrons. The lowest BCUT2D eigenvalue weighted by atomic mass is 10.0. The van der Waals surface area contributed by atoms with Gasteiger partial charge in [0.15, 0.2) is 0 Å². The molecule has 4 nitrogen and oxygen atoms in total. The second-order valence-corrected chi connectivity index (χ2v) is 6.33. The van der Waals surface area contributed by atoms with Crippen LogP contribution in [0.1, 0.15) is 54.7 Å². The number of para-hydroxylation sites is 1. The first-order valence-corrected chi connectivity index (χ1v) is 8.67. The van der Waals surface area contributed by atoms with E-state index >= 15 is 0 Å². The standard InChI is InChI=1S/C21H27NO3/c1-6-18(16-11-12-19(24-5)15(4)13-16)22-21(23)17-9-7-8-10-20(17)25-14(2)3/h7-14,18H,6H2,1-5H3,(H,22,23)/t18-/m1/s1. The molecule has 25 heavy (non-hydrogen) atoms. The molecule has 1 amide bonds. The first-order chi connectivity index (χ1) is 12.0. The van der Waals surface area contributed by atoms with Crippen molar-refractivity contribution in [1.29, 1.82) is 0 Å². The van der Waals surface area contributed by atoms with Crippen molar-refractivity contribution in [1.82, 2.24) is 5.32 Å². The quantitative estimate of drug-likeness (QED) is 0.796. The number of aryl methyl sites for hydroxylation is 1. The Labute approximate surface area is 150 Å². The van der Waals surface area contributed by atoms with Crippen LogP contribution in [0.3, 0.4) is 0 Å². The molecule has 0 saturated heterocycles. The van der Waals surface area contributed by atoms with Gasteiger partial charge < -0.3 is 14.8 Å². The summed E-state index contributed by atoms with van der Waals surface area (Å²) in [6.07, 6.45) is 0.810. The van der Waals surface area contributed by atoms with E-state index in [1.807, 2.05) is 51.1 Å². The lowest BCUT2D eigenvalue weighted by Gasteiger charge is -2.20. The SMILES string of the molecule is CC[C@@H](NC(=O)c1ccccc1OC(C)C)c1ccc(OC)c(C)c1. The number of hydrogen-bond donors (Lipinski definition) is 1. The largest absolute Gasteiger partial charge is 0.496 e. The molecule has 0 aliphatic carbocycles. The molecule has 0 saturated carbocycles. The van der Waals surface area contributed by atoms with Gasteiger partial charge in [0.2, 0.25) is 0 Å². The predicted molar refractivity (Wildman–Crippen MR) is 100 cm³/mol. The Morgan fingerprint density at radius 3 is 2.44 bits per heavy atom. The molecule has 0 spiro atoms. The van der Waals surface area contributed by atoms with Crippen molar-refractivity contribution in [2.24, 2.45) is 0 Å². The molecular weight excluding hydrogens is 314 g/mol. The molecule has 0 heterocycles. The van der Waals surface area contributed by atoms with E-state index in [9.17, 15) is 4.79 Å². The molecule has 0 aromatic heterocycles. The van der Waals surface area contributed by atoms with Crippen molar-refractivity contribution in [2.45, 2.75) is 46.3 Å². The monoisotopic (exact) mass is 341 g/mol. The minimum atomic E-state index is -0.128. The van der Waals surface area contributed by atoms with E-state index in [0.717, 1.165) is 23.3 Å². The molecule has 2 rings (SSSR count). The second kappa shape index (κ2) is 8.56. The molecule has 4 heteroatoms. The number of ether oxygens (including phenoxy) is 2. The summed E-state index contributed by atoms with van der Waals surface area (Å²) in [5.74, 6) is 1.33. The number of nitrogens with one attached hydrogen (secondary N) is 1. The van der Waals surface area contributed by atoms with E-state index in [4.69, 9.17) is 9.47 Å². The Kier molecular flexibility index (Phi) is 6.45. The fourth-order valence-corrected chi connectivity index (χ4v) is 2.79. The Bertz CT molecular complexity index is 725. The summed E-state index contributed by atoms with van der Waals surface area (Å²) < 4.78 is 11.1. The number of methoxy groups -OCH3 is 1. The summed E-state index contributed by atoms with van der Waals surface area (Å²) in [5, 5.41) is 3.12. The maximum Gasteiger partial charge on any atom is 0.255 e. The zero-order chi connectivity index (χ0) is 18.4. The average molecular weight is 341 g/mol. The first-order valence-electron chi connectivity index (χ1n) is 8.67. The number of carbonyl (C=O) groups is 1. The Balaban J connectivity index is 2.22. The highest BCUT2D eigenvalue weighted by Gasteiger charge is 2.18. The highest BCUT2D eigenvalue weighted by molar-refractivity contribution is 5.97. The van der Waals surface area contributed by atoms with Gasteiger partial charge in [-0.05, 0) is 56.5 Å². The summed E-state index contributed by atoms with van der Waals surface area (Å²) in [6.45, 7) is 7.96. The second-order valence-electron chi connectivity index (χ2n) is 6.33. The van der Waals surface area contributed by atoms with Crippen LogP contribution in [0.4, 0.5) is 0 Å². The van der Waals surface area contributed by atoms with Crippen LogP contribution in [-0.2, 0) is 0 Å².